The minimum atomic E-state index is -0.859. The quantitative estimate of drug-likeness (QED) is 0.676. The third-order valence-electron chi connectivity index (χ3n) is 2.59. The predicted molar refractivity (Wildman–Crippen MR) is 75.7 cm³/mol. The summed E-state index contributed by atoms with van der Waals surface area (Å²) in [5.74, 6) is 0.599. The Morgan fingerprint density at radius 3 is 2.65 bits per heavy atom. The Morgan fingerprint density at radius 2 is 2.10 bits per heavy atom. The number of anilines is 1. The van der Waals surface area contributed by atoms with Crippen LogP contribution >= 0.6 is 0 Å². The summed E-state index contributed by atoms with van der Waals surface area (Å²) in [5.41, 5.74) is 6.16. The zero-order valence-electron chi connectivity index (χ0n) is 11.9. The lowest BCUT2D eigenvalue weighted by Crippen LogP contribution is -2.29. The van der Waals surface area contributed by atoms with Crippen molar-refractivity contribution >= 4 is 17.8 Å². The van der Waals surface area contributed by atoms with Crippen molar-refractivity contribution < 1.29 is 14.3 Å². The first-order valence-corrected chi connectivity index (χ1v) is 6.34. The summed E-state index contributed by atoms with van der Waals surface area (Å²) in [6.45, 7) is 4.26. The van der Waals surface area contributed by atoms with Crippen LogP contribution in [0.4, 0.5) is 10.6 Å². The maximum atomic E-state index is 12.0. The van der Waals surface area contributed by atoms with Crippen molar-refractivity contribution in [3.05, 3.63) is 23.4 Å². The van der Waals surface area contributed by atoms with Crippen LogP contribution in [0.1, 0.15) is 35.8 Å². The molecule has 0 bridgehead atoms. The number of carbonyl (C=O) groups excluding carboxylic acids is 2. The molecule has 0 aromatic carbocycles. The van der Waals surface area contributed by atoms with Crippen LogP contribution in [0.2, 0.25) is 0 Å². The minimum Gasteiger partial charge on any atom is -0.448 e. The molecular formula is C13H20N4O3. The van der Waals surface area contributed by atoms with E-state index in [2.05, 4.69) is 20.4 Å². The maximum Gasteiger partial charge on any atom is 0.404 e. The van der Waals surface area contributed by atoms with Crippen LogP contribution in [-0.4, -0.2) is 37.2 Å². The molecule has 2 amide bonds. The number of rotatable bonds is 6. The van der Waals surface area contributed by atoms with Crippen LogP contribution < -0.4 is 16.4 Å². The summed E-state index contributed by atoms with van der Waals surface area (Å²) in [6, 6.07) is 3.41. The highest BCUT2D eigenvalue weighted by atomic mass is 16.5. The summed E-state index contributed by atoms with van der Waals surface area (Å²) < 4.78 is 4.53. The molecule has 0 atom stereocenters. The summed E-state index contributed by atoms with van der Waals surface area (Å²) in [7, 11) is 1.74. The molecule has 110 valence electrons. The number of hydrogen-bond acceptors (Lipinski definition) is 5. The van der Waals surface area contributed by atoms with Crippen molar-refractivity contribution in [2.45, 2.75) is 19.8 Å². The Hall–Kier alpha value is -2.31. The Bertz CT molecular complexity index is 489. The lowest BCUT2D eigenvalue weighted by molar-refractivity contribution is 0.0936. The summed E-state index contributed by atoms with van der Waals surface area (Å²) in [4.78, 5) is 26.8. The highest BCUT2D eigenvalue weighted by Crippen LogP contribution is 2.17. The average Bonchev–Trinajstić information content (AvgIpc) is 2.42. The van der Waals surface area contributed by atoms with Gasteiger partial charge in [0.05, 0.1) is 6.54 Å². The smallest absolute Gasteiger partial charge is 0.404 e. The van der Waals surface area contributed by atoms with Crippen molar-refractivity contribution in [2.24, 2.45) is 5.73 Å². The van der Waals surface area contributed by atoms with Crippen molar-refractivity contribution in [3.63, 3.8) is 0 Å². The molecule has 4 N–H and O–H groups in total. The van der Waals surface area contributed by atoms with Gasteiger partial charge in [0.1, 0.15) is 12.4 Å². The third-order valence-corrected chi connectivity index (χ3v) is 2.59. The van der Waals surface area contributed by atoms with E-state index in [1.807, 2.05) is 13.8 Å². The van der Waals surface area contributed by atoms with Gasteiger partial charge in [-0.1, -0.05) is 13.8 Å². The second-order valence-corrected chi connectivity index (χ2v) is 4.49. The van der Waals surface area contributed by atoms with E-state index >= 15 is 0 Å². The van der Waals surface area contributed by atoms with Crippen LogP contribution in [0, 0.1) is 0 Å². The number of primary amides is 1. The van der Waals surface area contributed by atoms with E-state index < -0.39 is 6.09 Å². The number of carbonyl (C=O) groups is 2. The summed E-state index contributed by atoms with van der Waals surface area (Å²) in [6.07, 6.45) is -0.859. The van der Waals surface area contributed by atoms with E-state index in [0.29, 0.717) is 11.4 Å². The Balaban J connectivity index is 2.71. The maximum absolute atomic E-state index is 12.0. The van der Waals surface area contributed by atoms with Gasteiger partial charge in [0.2, 0.25) is 0 Å². The second-order valence-electron chi connectivity index (χ2n) is 4.49. The molecule has 1 aromatic heterocycles. The molecule has 0 aliphatic rings. The number of nitrogens with two attached hydrogens (primary N) is 1. The molecule has 0 unspecified atom stereocenters. The molecule has 1 rings (SSSR count). The van der Waals surface area contributed by atoms with Crippen molar-refractivity contribution in [3.8, 4) is 0 Å². The van der Waals surface area contributed by atoms with Gasteiger partial charge in [-0.2, -0.15) is 0 Å². The molecule has 0 aliphatic heterocycles. The van der Waals surface area contributed by atoms with Gasteiger partial charge in [-0.05, 0) is 18.1 Å². The van der Waals surface area contributed by atoms with E-state index in [1.165, 1.54) is 0 Å². The van der Waals surface area contributed by atoms with Gasteiger partial charge >= 0.3 is 6.09 Å². The van der Waals surface area contributed by atoms with Gasteiger partial charge in [0.25, 0.3) is 5.91 Å². The topological polar surface area (TPSA) is 106 Å². The normalized spacial score (nSPS) is 10.2. The van der Waals surface area contributed by atoms with Gasteiger partial charge in [-0.15, -0.1) is 0 Å². The van der Waals surface area contributed by atoms with Gasteiger partial charge in [0.15, 0.2) is 0 Å². The second kappa shape index (κ2) is 7.32. The molecule has 1 heterocycles. The average molecular weight is 280 g/mol. The molecule has 0 saturated heterocycles. The summed E-state index contributed by atoms with van der Waals surface area (Å²) in [5, 5.41) is 5.57. The number of hydrogen-bond donors (Lipinski definition) is 3. The van der Waals surface area contributed by atoms with Gasteiger partial charge in [-0.25, -0.2) is 9.78 Å². The number of ether oxygens (including phenoxy) is 1. The molecule has 0 saturated carbocycles. The highest BCUT2D eigenvalue weighted by molar-refractivity contribution is 5.95. The predicted octanol–water partition coefficient (Wildman–Crippen LogP) is 1.07. The fourth-order valence-corrected chi connectivity index (χ4v) is 1.53. The number of pyridine rings is 1. The standard InChI is InChI=1S/C13H20N4O3/c1-8(2)10-6-9(7-11(15-3)17-10)12(18)16-4-5-20-13(14)19/h6-8H,4-5H2,1-3H3,(H2,14,19)(H,15,17)(H,16,18). The molecule has 0 radical (unpaired) electrons. The van der Waals surface area contributed by atoms with Crippen LogP contribution in [0.25, 0.3) is 0 Å². The van der Waals surface area contributed by atoms with E-state index in [4.69, 9.17) is 5.73 Å². The number of nitrogens with one attached hydrogen (secondary N) is 2. The van der Waals surface area contributed by atoms with Crippen LogP contribution in [0.3, 0.4) is 0 Å². The molecule has 7 heteroatoms. The van der Waals surface area contributed by atoms with Gasteiger partial charge < -0.3 is 21.1 Å². The first kappa shape index (κ1) is 15.7. The molecule has 20 heavy (non-hydrogen) atoms. The Labute approximate surface area is 117 Å². The van der Waals surface area contributed by atoms with Crippen LogP contribution in [0.5, 0.6) is 0 Å². The highest BCUT2D eigenvalue weighted by Gasteiger charge is 2.11. The lowest BCUT2D eigenvalue weighted by atomic mass is 10.1. The first-order chi connectivity index (χ1) is 9.43. The fraction of sp³-hybridized carbons (Fsp3) is 0.462. The van der Waals surface area contributed by atoms with Crippen molar-refractivity contribution in [1.82, 2.24) is 10.3 Å². The van der Waals surface area contributed by atoms with E-state index in [9.17, 15) is 9.59 Å². The molecular weight excluding hydrogens is 260 g/mol. The lowest BCUT2D eigenvalue weighted by Gasteiger charge is -2.11. The third kappa shape index (κ3) is 4.75. The van der Waals surface area contributed by atoms with Crippen molar-refractivity contribution in [2.75, 3.05) is 25.5 Å². The SMILES string of the molecule is CNc1cc(C(=O)NCCOC(N)=O)cc(C(C)C)n1. The Morgan fingerprint density at radius 1 is 1.40 bits per heavy atom. The van der Waals surface area contributed by atoms with E-state index in [-0.39, 0.29) is 25.0 Å². The monoisotopic (exact) mass is 280 g/mol. The zero-order valence-corrected chi connectivity index (χ0v) is 11.9. The molecule has 7 nitrogen and oxygen atoms in total. The number of amides is 2. The molecule has 1 aromatic rings. The number of aromatic nitrogens is 1. The van der Waals surface area contributed by atoms with Crippen molar-refractivity contribution in [1.29, 1.82) is 0 Å². The van der Waals surface area contributed by atoms with Crippen LogP contribution in [-0.2, 0) is 4.74 Å². The minimum absolute atomic E-state index is 0.0437. The largest absolute Gasteiger partial charge is 0.448 e. The zero-order chi connectivity index (χ0) is 15.1. The molecule has 0 aliphatic carbocycles. The van der Waals surface area contributed by atoms with Gasteiger partial charge in [-0.3, -0.25) is 4.79 Å². The molecule has 0 spiro atoms. The van der Waals surface area contributed by atoms with Crippen LogP contribution in [0.15, 0.2) is 12.1 Å². The van der Waals surface area contributed by atoms with Gasteiger partial charge in [0, 0.05) is 18.3 Å². The van der Waals surface area contributed by atoms with E-state index in [1.54, 1.807) is 19.2 Å². The molecule has 0 fully saturated rings. The summed E-state index contributed by atoms with van der Waals surface area (Å²) >= 11 is 0. The first-order valence-electron chi connectivity index (χ1n) is 6.34. The fourth-order valence-electron chi connectivity index (χ4n) is 1.53. The van der Waals surface area contributed by atoms with E-state index in [0.717, 1.165) is 5.69 Å². The number of nitrogens with zero attached hydrogens (tertiary/aromatic N) is 1. The Kier molecular flexibility index (Phi) is 5.76.